The number of carboxylic acid groups (broad SMARTS) is 1. The Labute approximate surface area is 281 Å². The summed E-state index contributed by atoms with van der Waals surface area (Å²) in [7, 11) is 0. The van der Waals surface area contributed by atoms with Gasteiger partial charge in [0, 0.05) is 32.4 Å². The van der Waals surface area contributed by atoms with E-state index >= 15 is 0 Å². The van der Waals surface area contributed by atoms with Crippen molar-refractivity contribution in [1.82, 2.24) is 16.0 Å². The average Bonchev–Trinajstić information content (AvgIpc) is 3.05. The Morgan fingerprint density at radius 1 is 0.447 bits per heavy atom. The van der Waals surface area contributed by atoms with E-state index in [1.165, 1.54) is 64.2 Å². The topological polar surface area (TPSA) is 179 Å². The fraction of sp³-hybridized carbons (Fsp3) is 0.853. The van der Waals surface area contributed by atoms with Gasteiger partial charge in [-0.15, -0.1) is 0 Å². The molecule has 4 N–H and O–H groups in total. The summed E-state index contributed by atoms with van der Waals surface area (Å²) >= 11 is 0. The molecule has 0 fully saturated rings. The lowest BCUT2D eigenvalue weighted by Crippen LogP contribution is -2.30. The third-order valence-electron chi connectivity index (χ3n) is 7.26. The number of carboxylic acids is 1. The SMILES string of the molecule is O=CCNC(=O)COCCOCCNC(=O)CCOCCOCCNC(=O)CCCCCCCCCCCCCCCCCC(=O)O. The molecule has 0 aliphatic rings. The van der Waals surface area contributed by atoms with E-state index in [9.17, 15) is 24.0 Å². The van der Waals surface area contributed by atoms with Crippen LogP contribution in [-0.2, 0) is 42.9 Å². The molecule has 0 heterocycles. The number of hydrogen-bond acceptors (Lipinski definition) is 9. The highest BCUT2D eigenvalue weighted by Gasteiger charge is 2.03. The molecule has 0 aromatic carbocycles. The molecule has 274 valence electrons. The van der Waals surface area contributed by atoms with Crippen LogP contribution in [0.4, 0.5) is 0 Å². The van der Waals surface area contributed by atoms with Gasteiger partial charge in [-0.25, -0.2) is 0 Å². The smallest absolute Gasteiger partial charge is 0.303 e. The molecule has 0 saturated carbocycles. The summed E-state index contributed by atoms with van der Waals surface area (Å²) in [5.41, 5.74) is 0. The molecular formula is C34H63N3O10. The average molecular weight is 674 g/mol. The molecule has 3 amide bonds. The van der Waals surface area contributed by atoms with Crippen molar-refractivity contribution in [3.05, 3.63) is 0 Å². The molecule has 0 unspecified atom stereocenters. The van der Waals surface area contributed by atoms with Gasteiger partial charge in [-0.05, 0) is 12.8 Å². The predicted molar refractivity (Wildman–Crippen MR) is 179 cm³/mol. The van der Waals surface area contributed by atoms with Crippen LogP contribution in [0.3, 0.4) is 0 Å². The number of ether oxygens (including phenoxy) is 4. The summed E-state index contributed by atoms with van der Waals surface area (Å²) in [5.74, 6) is -1.13. The first-order chi connectivity index (χ1) is 23.0. The number of aldehydes is 1. The van der Waals surface area contributed by atoms with Crippen molar-refractivity contribution in [3.63, 3.8) is 0 Å². The van der Waals surface area contributed by atoms with Crippen molar-refractivity contribution in [2.45, 2.75) is 116 Å². The van der Waals surface area contributed by atoms with Crippen LogP contribution in [0.25, 0.3) is 0 Å². The lowest BCUT2D eigenvalue weighted by molar-refractivity contribution is -0.137. The number of carbonyl (C=O) groups excluding carboxylic acids is 4. The zero-order valence-corrected chi connectivity index (χ0v) is 28.7. The van der Waals surface area contributed by atoms with Crippen molar-refractivity contribution in [1.29, 1.82) is 0 Å². The number of carbonyl (C=O) groups is 5. The van der Waals surface area contributed by atoms with Gasteiger partial charge in [0.1, 0.15) is 12.9 Å². The van der Waals surface area contributed by atoms with Crippen LogP contribution in [0.15, 0.2) is 0 Å². The quantitative estimate of drug-likeness (QED) is 0.0561. The molecule has 0 spiro atoms. The van der Waals surface area contributed by atoms with Crippen molar-refractivity contribution in [3.8, 4) is 0 Å². The fourth-order valence-electron chi connectivity index (χ4n) is 4.64. The molecule has 0 radical (unpaired) electrons. The van der Waals surface area contributed by atoms with Gasteiger partial charge in [0.2, 0.25) is 17.7 Å². The molecule has 47 heavy (non-hydrogen) atoms. The first kappa shape index (κ1) is 44.4. The van der Waals surface area contributed by atoms with Crippen molar-refractivity contribution < 1.29 is 48.0 Å². The van der Waals surface area contributed by atoms with Gasteiger partial charge in [-0.1, -0.05) is 83.5 Å². The highest BCUT2D eigenvalue weighted by atomic mass is 16.5. The van der Waals surface area contributed by atoms with E-state index in [0.29, 0.717) is 58.6 Å². The standard InChI is InChI=1S/C34H63N3O10/c38-22-19-35-33(41)30-47-29-28-46-25-21-37-32(40)18-23-44-26-27-45-24-20-36-31(39)16-14-12-10-8-6-4-2-1-3-5-7-9-11-13-15-17-34(42)43/h22H,1-21,23-30H2,(H,35,41)(H,36,39)(H,37,40)(H,42,43). The summed E-state index contributed by atoms with van der Waals surface area (Å²) in [4.78, 5) is 55.6. The minimum absolute atomic E-state index is 0.0357. The number of nitrogens with one attached hydrogen (secondary N) is 3. The van der Waals surface area contributed by atoms with E-state index in [1.54, 1.807) is 0 Å². The van der Waals surface area contributed by atoms with Crippen molar-refractivity contribution in [2.75, 3.05) is 72.5 Å². The largest absolute Gasteiger partial charge is 0.481 e. The van der Waals surface area contributed by atoms with E-state index in [2.05, 4.69) is 16.0 Å². The highest BCUT2D eigenvalue weighted by molar-refractivity contribution is 5.79. The first-order valence-corrected chi connectivity index (χ1v) is 17.7. The second kappa shape index (κ2) is 36.2. The summed E-state index contributed by atoms with van der Waals surface area (Å²) in [6.07, 6.45) is 19.4. The fourth-order valence-corrected chi connectivity index (χ4v) is 4.64. The third kappa shape index (κ3) is 37.7. The Kier molecular flexibility index (Phi) is 34.2. The van der Waals surface area contributed by atoms with Gasteiger partial charge in [-0.2, -0.15) is 0 Å². The Morgan fingerprint density at radius 2 is 0.851 bits per heavy atom. The Hall–Kier alpha value is -2.61. The van der Waals surface area contributed by atoms with Crippen molar-refractivity contribution in [2.24, 2.45) is 0 Å². The number of amides is 3. The van der Waals surface area contributed by atoms with Crippen molar-refractivity contribution >= 4 is 30.0 Å². The van der Waals surface area contributed by atoms with Gasteiger partial charge < -0.3 is 44.8 Å². The number of hydrogen-bond donors (Lipinski definition) is 4. The molecule has 13 heteroatoms. The Balaban J connectivity index is 3.27. The summed E-state index contributed by atoms with van der Waals surface area (Å²) in [5, 5.41) is 16.6. The maximum absolute atomic E-state index is 12.0. The molecule has 0 aromatic rings. The van der Waals surface area contributed by atoms with Gasteiger partial charge >= 0.3 is 5.97 Å². The molecule has 0 bridgehead atoms. The van der Waals surface area contributed by atoms with Gasteiger partial charge in [-0.3, -0.25) is 19.2 Å². The normalized spacial score (nSPS) is 10.9. The predicted octanol–water partition coefficient (Wildman–Crippen LogP) is 3.71. The Morgan fingerprint density at radius 3 is 1.32 bits per heavy atom. The highest BCUT2D eigenvalue weighted by Crippen LogP contribution is 2.14. The van der Waals surface area contributed by atoms with Crippen LogP contribution < -0.4 is 16.0 Å². The molecule has 0 atom stereocenters. The molecule has 0 rings (SSSR count). The lowest BCUT2D eigenvalue weighted by Gasteiger charge is -2.08. The minimum Gasteiger partial charge on any atom is -0.481 e. The second-order valence-electron chi connectivity index (χ2n) is 11.5. The van der Waals surface area contributed by atoms with Crippen LogP contribution >= 0.6 is 0 Å². The van der Waals surface area contributed by atoms with Gasteiger partial charge in [0.25, 0.3) is 0 Å². The first-order valence-electron chi connectivity index (χ1n) is 17.7. The number of rotatable bonds is 37. The molecule has 0 saturated heterocycles. The van der Waals surface area contributed by atoms with E-state index < -0.39 is 5.97 Å². The van der Waals surface area contributed by atoms with Crippen LogP contribution in [-0.4, -0.2) is 108 Å². The molecule has 0 aromatic heterocycles. The van der Waals surface area contributed by atoms with Crippen LogP contribution in [0.1, 0.15) is 116 Å². The van der Waals surface area contributed by atoms with Gasteiger partial charge in [0.05, 0.1) is 52.8 Å². The molecule has 13 nitrogen and oxygen atoms in total. The summed E-state index contributed by atoms with van der Waals surface area (Å²) in [6, 6.07) is 0. The van der Waals surface area contributed by atoms with E-state index in [1.807, 2.05) is 0 Å². The second-order valence-corrected chi connectivity index (χ2v) is 11.5. The monoisotopic (exact) mass is 673 g/mol. The molecular weight excluding hydrogens is 610 g/mol. The number of unbranched alkanes of at least 4 members (excludes halogenated alkanes) is 14. The lowest BCUT2D eigenvalue weighted by atomic mass is 10.0. The Bertz CT molecular complexity index is 785. The zero-order valence-electron chi connectivity index (χ0n) is 28.7. The molecule has 0 aliphatic heterocycles. The minimum atomic E-state index is -0.688. The van der Waals surface area contributed by atoms with Crippen LogP contribution in [0, 0.1) is 0 Å². The van der Waals surface area contributed by atoms with Gasteiger partial charge in [0.15, 0.2) is 0 Å². The maximum Gasteiger partial charge on any atom is 0.303 e. The van der Waals surface area contributed by atoms with E-state index in [0.717, 1.165) is 32.1 Å². The van der Waals surface area contributed by atoms with E-state index in [4.69, 9.17) is 24.1 Å². The summed E-state index contributed by atoms with van der Waals surface area (Å²) in [6.45, 7) is 2.97. The zero-order chi connectivity index (χ0) is 34.5. The van der Waals surface area contributed by atoms with E-state index in [-0.39, 0.29) is 57.1 Å². The summed E-state index contributed by atoms with van der Waals surface area (Å²) < 4.78 is 21.3. The van der Waals surface area contributed by atoms with Crippen LogP contribution in [0.2, 0.25) is 0 Å². The number of aliphatic carboxylic acids is 1. The van der Waals surface area contributed by atoms with Crippen LogP contribution in [0.5, 0.6) is 0 Å². The molecule has 0 aliphatic carbocycles. The maximum atomic E-state index is 12.0. The third-order valence-corrected chi connectivity index (χ3v) is 7.26.